The lowest BCUT2D eigenvalue weighted by molar-refractivity contribution is -0.154. The summed E-state index contributed by atoms with van der Waals surface area (Å²) in [5.41, 5.74) is -0.943. The summed E-state index contributed by atoms with van der Waals surface area (Å²) in [6.45, 7) is 1.07. The number of carboxylic acids is 1. The fourth-order valence-electron chi connectivity index (χ4n) is 2.04. The minimum atomic E-state index is -0.943. The third kappa shape index (κ3) is 3.47. The number of nitrogens with zero attached hydrogens (tertiary/aromatic N) is 1. The van der Waals surface area contributed by atoms with Gasteiger partial charge in [-0.1, -0.05) is 5.16 Å². The summed E-state index contributed by atoms with van der Waals surface area (Å²) in [7, 11) is 0. The van der Waals surface area contributed by atoms with Crippen molar-refractivity contribution in [3.8, 4) is 0 Å². The maximum absolute atomic E-state index is 11.6. The first-order chi connectivity index (χ1) is 9.62. The summed E-state index contributed by atoms with van der Waals surface area (Å²) in [4.78, 5) is 23.0. The van der Waals surface area contributed by atoms with Crippen LogP contribution >= 0.6 is 0 Å². The number of aliphatic carboxylic acids is 1. The van der Waals surface area contributed by atoms with E-state index in [-0.39, 0.29) is 13.1 Å². The number of carbonyl (C=O) groups is 2. The van der Waals surface area contributed by atoms with E-state index < -0.39 is 17.4 Å². The Kier molecular flexibility index (Phi) is 4.57. The molecule has 20 heavy (non-hydrogen) atoms. The van der Waals surface area contributed by atoms with Gasteiger partial charge >= 0.3 is 12.0 Å². The van der Waals surface area contributed by atoms with Crippen LogP contribution in [0.1, 0.15) is 18.6 Å². The van der Waals surface area contributed by atoms with E-state index in [1.807, 2.05) is 0 Å². The van der Waals surface area contributed by atoms with E-state index in [2.05, 4.69) is 15.8 Å². The molecule has 0 radical (unpaired) electrons. The smallest absolute Gasteiger partial charge is 0.315 e. The van der Waals surface area contributed by atoms with E-state index in [4.69, 9.17) is 9.26 Å². The van der Waals surface area contributed by atoms with Gasteiger partial charge in [0.05, 0.1) is 18.2 Å². The van der Waals surface area contributed by atoms with Crippen LogP contribution in [-0.4, -0.2) is 42.0 Å². The van der Waals surface area contributed by atoms with Crippen molar-refractivity contribution in [1.29, 1.82) is 0 Å². The molecule has 1 aromatic heterocycles. The second-order valence-electron chi connectivity index (χ2n) is 4.71. The van der Waals surface area contributed by atoms with Crippen LogP contribution in [0.4, 0.5) is 4.79 Å². The van der Waals surface area contributed by atoms with Gasteiger partial charge in [-0.05, 0) is 12.8 Å². The molecule has 8 heteroatoms. The summed E-state index contributed by atoms with van der Waals surface area (Å²) < 4.78 is 10.0. The van der Waals surface area contributed by atoms with E-state index in [0.29, 0.717) is 31.8 Å². The number of aromatic nitrogens is 1. The van der Waals surface area contributed by atoms with Crippen LogP contribution in [0, 0.1) is 5.41 Å². The first-order valence-corrected chi connectivity index (χ1v) is 6.35. The molecule has 0 aromatic carbocycles. The summed E-state index contributed by atoms with van der Waals surface area (Å²) in [5.74, 6) is -0.379. The number of urea groups is 1. The van der Waals surface area contributed by atoms with Crippen molar-refractivity contribution in [3.05, 3.63) is 18.0 Å². The maximum atomic E-state index is 11.6. The van der Waals surface area contributed by atoms with Gasteiger partial charge in [-0.25, -0.2) is 4.79 Å². The minimum absolute atomic E-state index is 0.0773. The molecule has 1 saturated heterocycles. The van der Waals surface area contributed by atoms with Gasteiger partial charge in [0.25, 0.3) is 0 Å². The Labute approximate surface area is 115 Å². The Morgan fingerprint density at radius 1 is 1.35 bits per heavy atom. The molecule has 2 amide bonds. The Balaban J connectivity index is 1.80. The molecule has 0 atom stereocenters. The van der Waals surface area contributed by atoms with Gasteiger partial charge in [-0.2, -0.15) is 0 Å². The van der Waals surface area contributed by atoms with Crippen LogP contribution in [0.2, 0.25) is 0 Å². The van der Waals surface area contributed by atoms with Gasteiger partial charge in [-0.15, -0.1) is 0 Å². The van der Waals surface area contributed by atoms with E-state index in [9.17, 15) is 14.7 Å². The first-order valence-electron chi connectivity index (χ1n) is 6.35. The number of rotatable bonds is 5. The molecule has 1 aromatic rings. The van der Waals surface area contributed by atoms with Crippen LogP contribution in [0.15, 0.2) is 16.8 Å². The van der Waals surface area contributed by atoms with Crippen molar-refractivity contribution in [3.63, 3.8) is 0 Å². The number of hydrogen-bond acceptors (Lipinski definition) is 5. The number of hydrogen-bond donors (Lipinski definition) is 3. The highest BCUT2D eigenvalue weighted by atomic mass is 16.5. The quantitative estimate of drug-likeness (QED) is 0.718. The van der Waals surface area contributed by atoms with E-state index in [1.54, 1.807) is 6.07 Å². The van der Waals surface area contributed by atoms with Gasteiger partial charge in [0.15, 0.2) is 5.76 Å². The zero-order chi connectivity index (χ0) is 14.4. The second-order valence-corrected chi connectivity index (χ2v) is 4.71. The maximum Gasteiger partial charge on any atom is 0.315 e. The average Bonchev–Trinajstić information content (AvgIpc) is 2.97. The molecule has 0 spiro atoms. The topological polar surface area (TPSA) is 114 Å². The van der Waals surface area contributed by atoms with E-state index in [0.717, 1.165) is 0 Å². The zero-order valence-electron chi connectivity index (χ0n) is 10.9. The number of amides is 2. The zero-order valence-corrected chi connectivity index (χ0v) is 10.9. The van der Waals surface area contributed by atoms with Crippen molar-refractivity contribution < 1.29 is 24.0 Å². The highest BCUT2D eigenvalue weighted by Crippen LogP contribution is 2.29. The Morgan fingerprint density at radius 2 is 2.10 bits per heavy atom. The lowest BCUT2D eigenvalue weighted by Gasteiger charge is -2.33. The number of ether oxygens (including phenoxy) is 1. The van der Waals surface area contributed by atoms with Gasteiger partial charge < -0.3 is 25.0 Å². The molecule has 8 nitrogen and oxygen atoms in total. The van der Waals surface area contributed by atoms with Crippen molar-refractivity contribution in [1.82, 2.24) is 15.8 Å². The third-order valence-electron chi connectivity index (χ3n) is 3.41. The lowest BCUT2D eigenvalue weighted by Crippen LogP contribution is -2.48. The third-order valence-corrected chi connectivity index (χ3v) is 3.41. The Morgan fingerprint density at radius 3 is 2.70 bits per heavy atom. The molecule has 1 aliphatic rings. The van der Waals surface area contributed by atoms with Crippen LogP contribution in [0.25, 0.3) is 0 Å². The molecule has 110 valence electrons. The summed E-state index contributed by atoms with van der Waals surface area (Å²) >= 11 is 0. The molecular weight excluding hydrogens is 266 g/mol. The lowest BCUT2D eigenvalue weighted by atomic mass is 9.80. The molecule has 2 heterocycles. The standard InChI is InChI=1S/C12H17N3O5/c16-10(17)12(2-5-19-6-3-12)8-14-11(18)13-7-9-1-4-15-20-9/h1,4H,2-3,5-8H2,(H,16,17)(H2,13,14,18). The van der Waals surface area contributed by atoms with Crippen LogP contribution in [0.5, 0.6) is 0 Å². The number of carbonyl (C=O) groups excluding carboxylic acids is 1. The first kappa shape index (κ1) is 14.3. The van der Waals surface area contributed by atoms with Crippen molar-refractivity contribution in [2.75, 3.05) is 19.8 Å². The summed E-state index contributed by atoms with van der Waals surface area (Å²) in [6, 6.07) is 1.20. The van der Waals surface area contributed by atoms with Crippen molar-refractivity contribution >= 4 is 12.0 Å². The number of nitrogens with one attached hydrogen (secondary N) is 2. The fraction of sp³-hybridized carbons (Fsp3) is 0.583. The predicted octanol–water partition coefficient (Wildman–Crippen LogP) is 0.355. The normalized spacial score (nSPS) is 17.4. The van der Waals surface area contributed by atoms with E-state index >= 15 is 0 Å². The van der Waals surface area contributed by atoms with Gasteiger partial charge in [0.2, 0.25) is 0 Å². The van der Waals surface area contributed by atoms with Gasteiger partial charge in [0, 0.05) is 25.8 Å². The molecule has 1 aliphatic heterocycles. The van der Waals surface area contributed by atoms with Gasteiger partial charge in [0.1, 0.15) is 0 Å². The number of carboxylic acid groups (broad SMARTS) is 1. The highest BCUT2D eigenvalue weighted by molar-refractivity contribution is 5.78. The molecule has 0 bridgehead atoms. The largest absolute Gasteiger partial charge is 0.481 e. The summed E-state index contributed by atoms with van der Waals surface area (Å²) in [6.07, 6.45) is 2.27. The molecule has 0 aliphatic carbocycles. The van der Waals surface area contributed by atoms with Gasteiger partial charge in [-0.3, -0.25) is 4.79 Å². The molecule has 3 N–H and O–H groups in total. The SMILES string of the molecule is O=C(NCc1ccno1)NCC1(C(=O)O)CCOCC1. The predicted molar refractivity (Wildman–Crippen MR) is 66.9 cm³/mol. The van der Waals surface area contributed by atoms with E-state index in [1.165, 1.54) is 6.20 Å². The Bertz CT molecular complexity index is 454. The van der Waals surface area contributed by atoms with Crippen molar-refractivity contribution in [2.45, 2.75) is 19.4 Å². The molecule has 2 rings (SSSR count). The Hall–Kier alpha value is -2.09. The summed E-state index contributed by atoms with van der Waals surface area (Å²) in [5, 5.41) is 18.0. The monoisotopic (exact) mass is 283 g/mol. The molecule has 1 fully saturated rings. The highest BCUT2D eigenvalue weighted by Gasteiger charge is 2.40. The van der Waals surface area contributed by atoms with Crippen LogP contribution in [-0.2, 0) is 16.1 Å². The average molecular weight is 283 g/mol. The molecule has 0 saturated carbocycles. The molecular formula is C12H17N3O5. The van der Waals surface area contributed by atoms with Crippen molar-refractivity contribution in [2.24, 2.45) is 5.41 Å². The second kappa shape index (κ2) is 6.38. The van der Waals surface area contributed by atoms with Crippen LogP contribution in [0.3, 0.4) is 0 Å². The van der Waals surface area contributed by atoms with Crippen LogP contribution < -0.4 is 10.6 Å². The minimum Gasteiger partial charge on any atom is -0.481 e. The molecule has 0 unspecified atom stereocenters. The fourth-order valence-corrected chi connectivity index (χ4v) is 2.04.